The summed E-state index contributed by atoms with van der Waals surface area (Å²) in [5, 5.41) is 3.86. The van der Waals surface area contributed by atoms with Crippen molar-refractivity contribution in [2.24, 2.45) is 0 Å². The Bertz CT molecular complexity index is 285. The van der Waals surface area contributed by atoms with Crippen molar-refractivity contribution in [3.05, 3.63) is 32.4 Å². The van der Waals surface area contributed by atoms with E-state index in [1.54, 1.807) is 11.3 Å². The van der Waals surface area contributed by atoms with Crippen LogP contribution in [0.1, 0.15) is 4.88 Å². The molecule has 0 bridgehead atoms. The molecule has 0 amide bonds. The summed E-state index contributed by atoms with van der Waals surface area (Å²) < 4.78 is 1.18. The second-order valence-electron chi connectivity index (χ2n) is 2.65. The minimum atomic E-state index is 0.660. The van der Waals surface area contributed by atoms with Crippen LogP contribution in [0, 0.1) is 0 Å². The van der Waals surface area contributed by atoms with Gasteiger partial charge in [0.2, 0.25) is 0 Å². The first-order valence-electron chi connectivity index (χ1n) is 3.96. The molecule has 0 aliphatic carbocycles. The third-order valence-corrected chi connectivity index (χ3v) is 3.31. The first-order chi connectivity index (χ1) is 6.18. The maximum Gasteiger partial charge on any atom is 0.0701 e. The zero-order chi connectivity index (χ0) is 9.68. The molecule has 1 N–H and O–H groups in total. The van der Waals surface area contributed by atoms with E-state index >= 15 is 0 Å². The predicted molar refractivity (Wildman–Crippen MR) is 63.6 cm³/mol. The third-order valence-electron chi connectivity index (χ3n) is 1.49. The summed E-state index contributed by atoms with van der Waals surface area (Å²) in [4.78, 5) is 1.37. The fourth-order valence-corrected chi connectivity index (χ4v) is 2.50. The SMILES string of the molecule is C=C(Cl)CNCCc1ccc(Br)s1. The van der Waals surface area contributed by atoms with Gasteiger partial charge in [0.1, 0.15) is 0 Å². The summed E-state index contributed by atoms with van der Waals surface area (Å²) in [5.41, 5.74) is 0. The number of hydrogen-bond donors (Lipinski definition) is 1. The molecule has 1 nitrogen and oxygen atoms in total. The van der Waals surface area contributed by atoms with Crippen LogP contribution >= 0.6 is 38.9 Å². The molecule has 0 atom stereocenters. The maximum atomic E-state index is 5.60. The minimum Gasteiger partial charge on any atom is -0.311 e. The summed E-state index contributed by atoms with van der Waals surface area (Å²) in [6, 6.07) is 4.20. The van der Waals surface area contributed by atoms with Crippen LogP contribution in [0.2, 0.25) is 0 Å². The topological polar surface area (TPSA) is 12.0 Å². The summed E-state index contributed by atoms with van der Waals surface area (Å²) >= 11 is 10.8. The molecule has 1 rings (SSSR count). The Kier molecular flexibility index (Phi) is 5.02. The van der Waals surface area contributed by atoms with Gasteiger partial charge < -0.3 is 5.32 Å². The summed E-state index contributed by atoms with van der Waals surface area (Å²) in [5.74, 6) is 0. The first kappa shape index (κ1) is 11.2. The van der Waals surface area contributed by atoms with Crippen LogP contribution in [-0.4, -0.2) is 13.1 Å². The molecule has 0 saturated carbocycles. The third kappa shape index (κ3) is 4.81. The average Bonchev–Trinajstić information content (AvgIpc) is 2.45. The molecule has 72 valence electrons. The summed E-state index contributed by atoms with van der Waals surface area (Å²) in [6.45, 7) is 5.23. The van der Waals surface area contributed by atoms with Gasteiger partial charge in [-0.2, -0.15) is 0 Å². The second kappa shape index (κ2) is 5.81. The molecular formula is C9H11BrClNS. The zero-order valence-electron chi connectivity index (χ0n) is 7.15. The molecule has 0 fully saturated rings. The van der Waals surface area contributed by atoms with Crippen molar-refractivity contribution < 1.29 is 0 Å². The van der Waals surface area contributed by atoms with Gasteiger partial charge in [-0.15, -0.1) is 11.3 Å². The maximum absolute atomic E-state index is 5.60. The van der Waals surface area contributed by atoms with E-state index in [0.29, 0.717) is 11.6 Å². The van der Waals surface area contributed by atoms with E-state index in [9.17, 15) is 0 Å². The molecule has 1 heterocycles. The molecule has 1 aromatic rings. The lowest BCUT2D eigenvalue weighted by atomic mass is 10.3. The Morgan fingerprint density at radius 2 is 2.38 bits per heavy atom. The largest absolute Gasteiger partial charge is 0.311 e. The van der Waals surface area contributed by atoms with E-state index < -0.39 is 0 Å². The second-order valence-corrected chi connectivity index (χ2v) is 5.73. The average molecular weight is 281 g/mol. The molecule has 13 heavy (non-hydrogen) atoms. The Labute approximate surface area is 95.9 Å². The molecular weight excluding hydrogens is 270 g/mol. The van der Waals surface area contributed by atoms with Crippen LogP contribution in [0.15, 0.2) is 27.5 Å². The normalized spacial score (nSPS) is 10.3. The van der Waals surface area contributed by atoms with Gasteiger partial charge in [0.05, 0.1) is 3.79 Å². The number of thiophene rings is 1. The van der Waals surface area contributed by atoms with Gasteiger partial charge in [0.25, 0.3) is 0 Å². The highest BCUT2D eigenvalue weighted by Crippen LogP contribution is 2.21. The van der Waals surface area contributed by atoms with Gasteiger partial charge in [-0.25, -0.2) is 0 Å². The predicted octanol–water partition coefficient (Wildman–Crippen LogP) is 3.40. The number of halogens is 2. The molecule has 0 spiro atoms. The molecule has 0 aliphatic rings. The van der Waals surface area contributed by atoms with E-state index in [0.717, 1.165) is 13.0 Å². The van der Waals surface area contributed by atoms with Gasteiger partial charge >= 0.3 is 0 Å². The van der Waals surface area contributed by atoms with Crippen molar-refractivity contribution in [1.29, 1.82) is 0 Å². The van der Waals surface area contributed by atoms with Crippen molar-refractivity contribution in [3.8, 4) is 0 Å². The van der Waals surface area contributed by atoms with Gasteiger partial charge in [0.15, 0.2) is 0 Å². The lowest BCUT2D eigenvalue weighted by Crippen LogP contribution is -2.17. The Morgan fingerprint density at radius 3 is 2.92 bits per heavy atom. The molecule has 0 radical (unpaired) electrons. The Hall–Kier alpha value is 0.170. The van der Waals surface area contributed by atoms with Crippen LogP contribution in [-0.2, 0) is 6.42 Å². The first-order valence-corrected chi connectivity index (χ1v) is 5.95. The van der Waals surface area contributed by atoms with E-state index in [2.05, 4.69) is 40.0 Å². The van der Waals surface area contributed by atoms with Crippen LogP contribution < -0.4 is 5.32 Å². The van der Waals surface area contributed by atoms with E-state index in [4.69, 9.17) is 11.6 Å². The van der Waals surface area contributed by atoms with Gasteiger partial charge in [0, 0.05) is 23.0 Å². The lowest BCUT2D eigenvalue weighted by Gasteiger charge is -2.00. The molecule has 0 saturated heterocycles. The van der Waals surface area contributed by atoms with E-state index in [1.807, 2.05) is 0 Å². The number of nitrogens with one attached hydrogen (secondary N) is 1. The van der Waals surface area contributed by atoms with E-state index in [1.165, 1.54) is 8.66 Å². The Balaban J connectivity index is 2.16. The fraction of sp³-hybridized carbons (Fsp3) is 0.333. The van der Waals surface area contributed by atoms with Crippen LogP contribution in [0.4, 0.5) is 0 Å². The van der Waals surface area contributed by atoms with E-state index in [-0.39, 0.29) is 0 Å². The zero-order valence-corrected chi connectivity index (χ0v) is 10.3. The Morgan fingerprint density at radius 1 is 1.62 bits per heavy atom. The molecule has 0 aliphatic heterocycles. The van der Waals surface area contributed by atoms with Gasteiger partial charge in [-0.1, -0.05) is 18.2 Å². The monoisotopic (exact) mass is 279 g/mol. The van der Waals surface area contributed by atoms with Gasteiger partial charge in [-0.3, -0.25) is 0 Å². The van der Waals surface area contributed by atoms with Crippen LogP contribution in [0.3, 0.4) is 0 Å². The highest BCUT2D eigenvalue weighted by Gasteiger charge is 1.96. The van der Waals surface area contributed by atoms with Crippen LogP contribution in [0.5, 0.6) is 0 Å². The fourth-order valence-electron chi connectivity index (χ4n) is 0.922. The molecule has 0 aromatic carbocycles. The lowest BCUT2D eigenvalue weighted by molar-refractivity contribution is 0.746. The summed E-state index contributed by atoms with van der Waals surface area (Å²) in [7, 11) is 0. The molecule has 4 heteroatoms. The summed E-state index contributed by atoms with van der Waals surface area (Å²) in [6.07, 6.45) is 1.04. The van der Waals surface area contributed by atoms with Crippen molar-refractivity contribution in [3.63, 3.8) is 0 Å². The van der Waals surface area contributed by atoms with Crippen molar-refractivity contribution in [2.45, 2.75) is 6.42 Å². The van der Waals surface area contributed by atoms with Crippen molar-refractivity contribution in [1.82, 2.24) is 5.32 Å². The van der Waals surface area contributed by atoms with Crippen LogP contribution in [0.25, 0.3) is 0 Å². The van der Waals surface area contributed by atoms with Crippen molar-refractivity contribution >= 4 is 38.9 Å². The number of rotatable bonds is 5. The standard InChI is InChI=1S/C9H11BrClNS/c1-7(11)6-12-5-4-8-2-3-9(10)13-8/h2-3,12H,1,4-6H2. The molecule has 1 aromatic heterocycles. The smallest absolute Gasteiger partial charge is 0.0701 e. The number of hydrogen-bond acceptors (Lipinski definition) is 2. The minimum absolute atomic E-state index is 0.660. The highest BCUT2D eigenvalue weighted by molar-refractivity contribution is 9.11. The van der Waals surface area contributed by atoms with Crippen molar-refractivity contribution in [2.75, 3.05) is 13.1 Å². The highest BCUT2D eigenvalue weighted by atomic mass is 79.9. The molecule has 0 unspecified atom stereocenters. The quantitative estimate of drug-likeness (QED) is 0.815. The van der Waals surface area contributed by atoms with Gasteiger partial charge in [-0.05, 0) is 34.5 Å².